The minimum atomic E-state index is -0.396. The number of aromatic nitrogens is 4. The molecule has 2 aromatic heterocycles. The molecule has 0 spiro atoms. The Kier molecular flexibility index (Phi) is 5.92. The molecule has 0 N–H and O–H groups in total. The summed E-state index contributed by atoms with van der Waals surface area (Å²) in [7, 11) is 1.67. The SMILES string of the molecule is COCCc1ccc(Oc2c(-n3ccnc3)cnn(-c3ccc(Cl)cc3)c2=O)cc1. The van der Waals surface area contributed by atoms with Crippen molar-refractivity contribution < 1.29 is 9.47 Å². The van der Waals surface area contributed by atoms with Gasteiger partial charge in [0, 0.05) is 24.5 Å². The Morgan fingerprint density at radius 2 is 1.83 bits per heavy atom. The van der Waals surface area contributed by atoms with Crippen molar-refractivity contribution in [2.45, 2.75) is 6.42 Å². The summed E-state index contributed by atoms with van der Waals surface area (Å²) in [6.45, 7) is 0.640. The largest absolute Gasteiger partial charge is 0.449 e. The Hall–Kier alpha value is -3.42. The van der Waals surface area contributed by atoms with Crippen LogP contribution in [0.5, 0.6) is 11.5 Å². The fourth-order valence-corrected chi connectivity index (χ4v) is 3.06. The maximum atomic E-state index is 13.3. The molecule has 0 atom stereocenters. The third kappa shape index (κ3) is 4.27. The van der Waals surface area contributed by atoms with E-state index in [1.54, 1.807) is 60.9 Å². The molecule has 0 saturated heterocycles. The van der Waals surface area contributed by atoms with E-state index < -0.39 is 5.56 Å². The molecule has 0 aliphatic heterocycles. The zero-order valence-electron chi connectivity index (χ0n) is 16.2. The normalized spacial score (nSPS) is 10.9. The number of rotatable bonds is 7. The zero-order valence-corrected chi connectivity index (χ0v) is 17.0. The maximum Gasteiger partial charge on any atom is 0.316 e. The number of benzene rings is 2. The molecule has 30 heavy (non-hydrogen) atoms. The summed E-state index contributed by atoms with van der Waals surface area (Å²) in [6, 6.07) is 14.4. The Bertz CT molecular complexity index is 1170. The average Bonchev–Trinajstić information content (AvgIpc) is 3.30. The molecule has 0 fully saturated rings. The summed E-state index contributed by atoms with van der Waals surface area (Å²) < 4.78 is 14.1. The first-order valence-electron chi connectivity index (χ1n) is 9.28. The Labute approximate surface area is 178 Å². The quantitative estimate of drug-likeness (QED) is 0.449. The van der Waals surface area contributed by atoms with Crippen LogP contribution in [0.1, 0.15) is 5.56 Å². The van der Waals surface area contributed by atoms with E-state index in [4.69, 9.17) is 21.1 Å². The number of ether oxygens (including phenoxy) is 2. The van der Waals surface area contributed by atoms with Gasteiger partial charge in [0.15, 0.2) is 0 Å². The van der Waals surface area contributed by atoms with Crippen molar-refractivity contribution in [1.29, 1.82) is 0 Å². The van der Waals surface area contributed by atoms with E-state index in [-0.39, 0.29) is 5.75 Å². The highest BCUT2D eigenvalue weighted by molar-refractivity contribution is 6.30. The number of hydrogen-bond donors (Lipinski definition) is 0. The van der Waals surface area contributed by atoms with Crippen LogP contribution in [0.25, 0.3) is 11.4 Å². The van der Waals surface area contributed by atoms with Gasteiger partial charge in [0.25, 0.3) is 0 Å². The van der Waals surface area contributed by atoms with Crippen LogP contribution in [-0.4, -0.2) is 33.0 Å². The average molecular weight is 423 g/mol. The smallest absolute Gasteiger partial charge is 0.316 e. The molecule has 0 aliphatic carbocycles. The van der Waals surface area contributed by atoms with Crippen LogP contribution in [0.15, 0.2) is 78.2 Å². The van der Waals surface area contributed by atoms with Gasteiger partial charge in [0.1, 0.15) is 11.4 Å². The summed E-state index contributed by atoms with van der Waals surface area (Å²) >= 11 is 5.96. The van der Waals surface area contributed by atoms with E-state index in [2.05, 4.69) is 10.1 Å². The molecule has 4 aromatic rings. The van der Waals surface area contributed by atoms with E-state index in [1.165, 1.54) is 4.68 Å². The van der Waals surface area contributed by atoms with Gasteiger partial charge in [-0.05, 0) is 48.4 Å². The highest BCUT2D eigenvalue weighted by Gasteiger charge is 2.16. The number of methoxy groups -OCH3 is 1. The van der Waals surface area contributed by atoms with Gasteiger partial charge in [-0.1, -0.05) is 23.7 Å². The second-order valence-electron chi connectivity index (χ2n) is 6.51. The zero-order chi connectivity index (χ0) is 20.9. The molecule has 0 saturated carbocycles. The Morgan fingerprint density at radius 1 is 1.07 bits per heavy atom. The van der Waals surface area contributed by atoms with Crippen LogP contribution in [0.4, 0.5) is 0 Å². The highest BCUT2D eigenvalue weighted by atomic mass is 35.5. The van der Waals surface area contributed by atoms with E-state index in [1.807, 2.05) is 24.3 Å². The molecule has 0 aliphatic rings. The molecule has 4 rings (SSSR count). The van der Waals surface area contributed by atoms with E-state index in [9.17, 15) is 4.79 Å². The minimum absolute atomic E-state index is 0.141. The molecule has 0 unspecified atom stereocenters. The Morgan fingerprint density at radius 3 is 2.50 bits per heavy atom. The standard InChI is InChI=1S/C22H19ClN4O3/c1-29-13-10-16-2-8-19(9-3-16)30-21-20(26-12-11-24-15-26)14-25-27(22(21)28)18-6-4-17(23)5-7-18/h2-9,11-12,14-15H,10,13H2,1H3. The minimum Gasteiger partial charge on any atom is -0.449 e. The molecule has 2 aromatic carbocycles. The number of imidazole rings is 1. The van der Waals surface area contributed by atoms with Crippen molar-refractivity contribution in [3.05, 3.63) is 94.4 Å². The van der Waals surface area contributed by atoms with Crippen LogP contribution in [0, 0.1) is 0 Å². The molecule has 0 amide bonds. The van der Waals surface area contributed by atoms with Gasteiger partial charge in [0.2, 0.25) is 5.75 Å². The van der Waals surface area contributed by atoms with Crippen LogP contribution >= 0.6 is 11.6 Å². The molecular formula is C22H19ClN4O3. The van der Waals surface area contributed by atoms with Crippen LogP contribution in [-0.2, 0) is 11.2 Å². The van der Waals surface area contributed by atoms with Crippen molar-refractivity contribution >= 4 is 11.6 Å². The van der Waals surface area contributed by atoms with E-state index in [0.717, 1.165) is 12.0 Å². The van der Waals surface area contributed by atoms with Crippen LogP contribution in [0.3, 0.4) is 0 Å². The monoisotopic (exact) mass is 422 g/mol. The number of halogens is 1. The third-order valence-corrected chi connectivity index (χ3v) is 4.76. The van der Waals surface area contributed by atoms with Crippen molar-refractivity contribution in [3.63, 3.8) is 0 Å². The summed E-state index contributed by atoms with van der Waals surface area (Å²) in [6.07, 6.45) is 7.31. The lowest BCUT2D eigenvalue weighted by molar-refractivity contribution is 0.202. The van der Waals surface area contributed by atoms with Gasteiger partial charge >= 0.3 is 5.56 Å². The van der Waals surface area contributed by atoms with Crippen molar-refractivity contribution in [2.75, 3.05) is 13.7 Å². The molecule has 2 heterocycles. The van der Waals surface area contributed by atoms with Gasteiger partial charge in [-0.3, -0.25) is 4.79 Å². The number of nitrogens with zero attached hydrogens (tertiary/aromatic N) is 4. The van der Waals surface area contributed by atoms with Gasteiger partial charge in [-0.2, -0.15) is 9.78 Å². The van der Waals surface area contributed by atoms with E-state index >= 15 is 0 Å². The fraction of sp³-hybridized carbons (Fsp3) is 0.136. The van der Waals surface area contributed by atoms with Crippen LogP contribution in [0.2, 0.25) is 5.02 Å². The lowest BCUT2D eigenvalue weighted by atomic mass is 10.1. The first-order chi connectivity index (χ1) is 14.7. The second kappa shape index (κ2) is 8.94. The molecule has 7 nitrogen and oxygen atoms in total. The summed E-state index contributed by atoms with van der Waals surface area (Å²) in [5.74, 6) is 0.686. The van der Waals surface area contributed by atoms with Crippen molar-refractivity contribution in [3.8, 4) is 22.9 Å². The summed E-state index contributed by atoms with van der Waals surface area (Å²) in [4.78, 5) is 17.3. The van der Waals surface area contributed by atoms with Gasteiger partial charge < -0.3 is 14.0 Å². The van der Waals surface area contributed by atoms with Gasteiger partial charge in [-0.25, -0.2) is 4.98 Å². The molecule has 152 valence electrons. The highest BCUT2D eigenvalue weighted by Crippen LogP contribution is 2.25. The van der Waals surface area contributed by atoms with Crippen molar-refractivity contribution in [1.82, 2.24) is 19.3 Å². The first kappa shape index (κ1) is 19.9. The topological polar surface area (TPSA) is 71.2 Å². The fourth-order valence-electron chi connectivity index (χ4n) is 2.94. The predicted octanol–water partition coefficient (Wildman–Crippen LogP) is 4.05. The molecule has 0 radical (unpaired) electrons. The summed E-state index contributed by atoms with van der Waals surface area (Å²) in [5.41, 5.74) is 1.80. The molecule has 0 bridgehead atoms. The molecular weight excluding hydrogens is 404 g/mol. The second-order valence-corrected chi connectivity index (χ2v) is 6.95. The number of hydrogen-bond acceptors (Lipinski definition) is 5. The van der Waals surface area contributed by atoms with Gasteiger partial charge in [-0.15, -0.1) is 0 Å². The van der Waals surface area contributed by atoms with Crippen molar-refractivity contribution in [2.24, 2.45) is 0 Å². The summed E-state index contributed by atoms with van der Waals surface area (Å²) in [5, 5.41) is 4.88. The first-order valence-corrected chi connectivity index (χ1v) is 9.66. The predicted molar refractivity (Wildman–Crippen MR) is 114 cm³/mol. The third-order valence-electron chi connectivity index (χ3n) is 4.51. The lowest BCUT2D eigenvalue weighted by Crippen LogP contribution is -2.23. The van der Waals surface area contributed by atoms with E-state index in [0.29, 0.717) is 28.8 Å². The lowest BCUT2D eigenvalue weighted by Gasteiger charge is -2.13. The Balaban J connectivity index is 1.74. The maximum absolute atomic E-state index is 13.3. The van der Waals surface area contributed by atoms with Gasteiger partial charge in [0.05, 0.1) is 24.8 Å². The molecule has 8 heteroatoms. The van der Waals surface area contributed by atoms with Crippen LogP contribution < -0.4 is 10.3 Å².